The van der Waals surface area contributed by atoms with Crippen LogP contribution in [0, 0.1) is 0 Å². The van der Waals surface area contributed by atoms with Crippen LogP contribution < -0.4 is 5.73 Å². The van der Waals surface area contributed by atoms with Gasteiger partial charge in [0.15, 0.2) is 0 Å². The monoisotopic (exact) mass is 244 g/mol. The number of hydrogen-bond donors (Lipinski definition) is 1. The minimum atomic E-state index is 0.511. The molecule has 0 unspecified atom stereocenters. The van der Waals surface area contributed by atoms with Crippen LogP contribution in [0.3, 0.4) is 0 Å². The van der Waals surface area contributed by atoms with E-state index >= 15 is 0 Å². The zero-order valence-corrected chi connectivity index (χ0v) is 9.33. The lowest BCUT2D eigenvalue weighted by Crippen LogP contribution is -1.86. The molecule has 2 rings (SSSR count). The van der Waals surface area contributed by atoms with Crippen LogP contribution in [0.4, 0.5) is 5.69 Å². The van der Waals surface area contributed by atoms with Crippen molar-refractivity contribution in [3.05, 3.63) is 33.6 Å². The Hall–Kier alpha value is -0.770. The van der Waals surface area contributed by atoms with Gasteiger partial charge in [0.25, 0.3) is 0 Å². The molecule has 0 bridgehead atoms. The van der Waals surface area contributed by atoms with E-state index in [1.165, 1.54) is 11.5 Å². The summed E-state index contributed by atoms with van der Waals surface area (Å²) in [6.07, 6.45) is 0. The maximum atomic E-state index is 5.89. The summed E-state index contributed by atoms with van der Waals surface area (Å²) in [6.45, 7) is 0. The number of nitrogens with two attached hydrogens (primary N) is 1. The lowest BCUT2D eigenvalue weighted by Gasteiger charge is -2.00. The SMILES string of the molecule is Nc1csnc1-c1ccc(Cl)c(Cl)c1. The largest absolute Gasteiger partial charge is 0.396 e. The van der Waals surface area contributed by atoms with Gasteiger partial charge in [-0.3, -0.25) is 0 Å². The van der Waals surface area contributed by atoms with Crippen LogP contribution in [-0.4, -0.2) is 4.37 Å². The van der Waals surface area contributed by atoms with Gasteiger partial charge in [-0.2, -0.15) is 4.37 Å². The highest BCUT2D eigenvalue weighted by Crippen LogP contribution is 2.31. The van der Waals surface area contributed by atoms with E-state index in [0.717, 1.165) is 11.3 Å². The van der Waals surface area contributed by atoms with Crippen molar-refractivity contribution >= 4 is 40.4 Å². The van der Waals surface area contributed by atoms with Crippen molar-refractivity contribution in [3.8, 4) is 11.3 Å². The van der Waals surface area contributed by atoms with Crippen molar-refractivity contribution in [1.29, 1.82) is 0 Å². The van der Waals surface area contributed by atoms with Gasteiger partial charge in [-0.1, -0.05) is 29.3 Å². The zero-order chi connectivity index (χ0) is 10.1. The Morgan fingerprint density at radius 1 is 1.21 bits per heavy atom. The number of nitrogen functional groups attached to an aromatic ring is 1. The normalized spacial score (nSPS) is 10.4. The molecule has 0 amide bonds. The van der Waals surface area contributed by atoms with Crippen molar-refractivity contribution < 1.29 is 0 Å². The molecule has 5 heteroatoms. The number of hydrogen-bond acceptors (Lipinski definition) is 3. The van der Waals surface area contributed by atoms with Gasteiger partial charge in [0, 0.05) is 10.9 Å². The highest BCUT2D eigenvalue weighted by atomic mass is 35.5. The van der Waals surface area contributed by atoms with E-state index in [4.69, 9.17) is 28.9 Å². The summed E-state index contributed by atoms with van der Waals surface area (Å²) in [5.41, 5.74) is 8.04. The van der Waals surface area contributed by atoms with Crippen LogP contribution in [0.15, 0.2) is 23.6 Å². The van der Waals surface area contributed by atoms with E-state index in [2.05, 4.69) is 4.37 Å². The number of aromatic nitrogens is 1. The fourth-order valence-corrected chi connectivity index (χ4v) is 2.00. The minimum Gasteiger partial charge on any atom is -0.396 e. The molecule has 0 aliphatic rings. The average Bonchev–Trinajstić information content (AvgIpc) is 2.57. The Labute approximate surface area is 95.4 Å². The van der Waals surface area contributed by atoms with Crippen molar-refractivity contribution in [3.63, 3.8) is 0 Å². The second-order valence-electron chi connectivity index (χ2n) is 2.75. The molecule has 0 radical (unpaired) electrons. The summed E-state index contributed by atoms with van der Waals surface area (Å²) in [5.74, 6) is 0. The lowest BCUT2D eigenvalue weighted by molar-refractivity contribution is 1.52. The number of anilines is 1. The van der Waals surface area contributed by atoms with Gasteiger partial charge in [-0.15, -0.1) is 0 Å². The van der Waals surface area contributed by atoms with Crippen molar-refractivity contribution in [1.82, 2.24) is 4.37 Å². The van der Waals surface area contributed by atoms with Crippen molar-refractivity contribution in [2.24, 2.45) is 0 Å². The van der Waals surface area contributed by atoms with Crippen LogP contribution in [0.1, 0.15) is 0 Å². The highest BCUT2D eigenvalue weighted by Gasteiger charge is 2.07. The summed E-state index contributed by atoms with van der Waals surface area (Å²) in [5, 5.41) is 2.83. The van der Waals surface area contributed by atoms with Gasteiger partial charge >= 0.3 is 0 Å². The smallest absolute Gasteiger partial charge is 0.107 e. The molecule has 0 aliphatic heterocycles. The molecule has 72 valence electrons. The van der Waals surface area contributed by atoms with Crippen LogP contribution in [0.2, 0.25) is 10.0 Å². The van der Waals surface area contributed by atoms with Gasteiger partial charge in [0.1, 0.15) is 5.69 Å². The van der Waals surface area contributed by atoms with E-state index < -0.39 is 0 Å². The summed E-state index contributed by atoms with van der Waals surface area (Å²) >= 11 is 13.0. The fraction of sp³-hybridized carbons (Fsp3) is 0. The average molecular weight is 245 g/mol. The first-order valence-corrected chi connectivity index (χ1v) is 5.43. The molecule has 1 aromatic carbocycles. The van der Waals surface area contributed by atoms with Gasteiger partial charge < -0.3 is 5.73 Å². The molecule has 0 atom stereocenters. The van der Waals surface area contributed by atoms with E-state index in [9.17, 15) is 0 Å². The second kappa shape index (κ2) is 3.77. The maximum absolute atomic E-state index is 5.89. The first-order chi connectivity index (χ1) is 6.68. The molecule has 0 saturated heterocycles. The van der Waals surface area contributed by atoms with Gasteiger partial charge in [0.2, 0.25) is 0 Å². The molecule has 2 N–H and O–H groups in total. The number of rotatable bonds is 1. The fourth-order valence-electron chi connectivity index (χ4n) is 1.11. The third-order valence-electron chi connectivity index (χ3n) is 1.79. The molecule has 0 saturated carbocycles. The summed E-state index contributed by atoms with van der Waals surface area (Å²) in [4.78, 5) is 0. The van der Waals surface area contributed by atoms with Crippen LogP contribution in [0.5, 0.6) is 0 Å². The first kappa shape index (κ1) is 9.77. The van der Waals surface area contributed by atoms with E-state index in [0.29, 0.717) is 15.7 Å². The summed E-state index contributed by atoms with van der Waals surface area (Å²) < 4.78 is 4.17. The number of nitrogens with zero attached hydrogens (tertiary/aromatic N) is 1. The van der Waals surface area contributed by atoms with Crippen LogP contribution >= 0.6 is 34.7 Å². The highest BCUT2D eigenvalue weighted by molar-refractivity contribution is 7.04. The van der Waals surface area contributed by atoms with E-state index in [1.807, 2.05) is 6.07 Å². The van der Waals surface area contributed by atoms with Gasteiger partial charge in [-0.25, -0.2) is 0 Å². The Balaban J connectivity index is 2.53. The first-order valence-electron chi connectivity index (χ1n) is 3.84. The Kier molecular flexibility index (Phi) is 2.63. The maximum Gasteiger partial charge on any atom is 0.107 e. The van der Waals surface area contributed by atoms with Crippen LogP contribution in [-0.2, 0) is 0 Å². The van der Waals surface area contributed by atoms with Gasteiger partial charge in [0.05, 0.1) is 15.7 Å². The third-order valence-corrected chi connectivity index (χ3v) is 3.18. The zero-order valence-electron chi connectivity index (χ0n) is 7.00. The van der Waals surface area contributed by atoms with Crippen molar-refractivity contribution in [2.75, 3.05) is 5.73 Å². The molecule has 0 aliphatic carbocycles. The van der Waals surface area contributed by atoms with Gasteiger partial charge in [-0.05, 0) is 23.7 Å². The predicted molar refractivity (Wildman–Crippen MR) is 62.0 cm³/mol. The molecule has 0 fully saturated rings. The molecule has 2 nitrogen and oxygen atoms in total. The number of halogens is 2. The third kappa shape index (κ3) is 1.71. The lowest BCUT2D eigenvalue weighted by atomic mass is 10.1. The second-order valence-corrected chi connectivity index (χ2v) is 4.19. The van der Waals surface area contributed by atoms with Crippen molar-refractivity contribution in [2.45, 2.75) is 0 Å². The van der Waals surface area contributed by atoms with Crippen LogP contribution in [0.25, 0.3) is 11.3 Å². The predicted octanol–water partition coefficient (Wildman–Crippen LogP) is 3.70. The summed E-state index contributed by atoms with van der Waals surface area (Å²) in [6, 6.07) is 5.34. The number of benzene rings is 1. The summed E-state index contributed by atoms with van der Waals surface area (Å²) in [7, 11) is 0. The Morgan fingerprint density at radius 2 is 2.00 bits per heavy atom. The van der Waals surface area contributed by atoms with E-state index in [-0.39, 0.29) is 0 Å². The Morgan fingerprint density at radius 3 is 2.57 bits per heavy atom. The Bertz CT molecular complexity index is 468. The molecule has 0 spiro atoms. The minimum absolute atomic E-state index is 0.511. The standard InChI is InChI=1S/C9H6Cl2N2S/c10-6-2-1-5(3-7(6)11)9-8(12)4-14-13-9/h1-4H,12H2. The quantitative estimate of drug-likeness (QED) is 0.831. The molecule has 1 heterocycles. The molecular formula is C9H6Cl2N2S. The molecule has 14 heavy (non-hydrogen) atoms. The topological polar surface area (TPSA) is 38.9 Å². The van der Waals surface area contributed by atoms with E-state index in [1.54, 1.807) is 17.5 Å². The molecule has 2 aromatic rings. The molecule has 1 aromatic heterocycles. The molecular weight excluding hydrogens is 239 g/mol.